The van der Waals surface area contributed by atoms with Gasteiger partial charge in [0.05, 0.1) is 6.61 Å². The predicted molar refractivity (Wildman–Crippen MR) is 99.5 cm³/mol. The van der Waals surface area contributed by atoms with Gasteiger partial charge in [0.2, 0.25) is 0 Å². The van der Waals surface area contributed by atoms with E-state index in [4.69, 9.17) is 9.47 Å². The van der Waals surface area contributed by atoms with Crippen molar-refractivity contribution < 1.29 is 19.1 Å². The summed E-state index contributed by atoms with van der Waals surface area (Å²) >= 11 is 0. The lowest BCUT2D eigenvalue weighted by Crippen LogP contribution is -2.41. The average Bonchev–Trinajstić information content (AvgIpc) is 2.76. The van der Waals surface area contributed by atoms with Crippen molar-refractivity contribution in [3.63, 3.8) is 0 Å². The van der Waals surface area contributed by atoms with Crippen molar-refractivity contribution in [1.29, 1.82) is 0 Å². The van der Waals surface area contributed by atoms with Gasteiger partial charge in [0.25, 0.3) is 0 Å². The largest absolute Gasteiger partial charge is 0.493 e. The van der Waals surface area contributed by atoms with Crippen LogP contribution in [0.2, 0.25) is 0 Å². The van der Waals surface area contributed by atoms with E-state index in [-0.39, 0.29) is 17.2 Å². The van der Waals surface area contributed by atoms with Crippen molar-refractivity contribution in [3.8, 4) is 0 Å². The first-order valence-electron chi connectivity index (χ1n) is 9.77. The fraction of sp³-hybridized carbons (Fsp3) is 0.714. The van der Waals surface area contributed by atoms with E-state index in [0.717, 1.165) is 51.3 Å². The first-order valence-corrected chi connectivity index (χ1v) is 9.77. The molecule has 2 fully saturated rings. The summed E-state index contributed by atoms with van der Waals surface area (Å²) in [6, 6.07) is 0. The SMILES string of the molecule is CC(C)(C)OC(=O)CCCN1CCC2(CC1)COC1=CCC(=O)CC=C12. The number of nitrogens with zero attached hydrogens (tertiary/aromatic N) is 1. The van der Waals surface area contributed by atoms with Gasteiger partial charge in [-0.2, -0.15) is 0 Å². The molecule has 0 aromatic carbocycles. The molecule has 0 unspecified atom stereocenters. The molecule has 3 aliphatic rings. The summed E-state index contributed by atoms with van der Waals surface area (Å²) in [5, 5.41) is 0. The Labute approximate surface area is 156 Å². The number of carbonyl (C=O) groups excluding carboxylic acids is 2. The molecule has 2 saturated heterocycles. The van der Waals surface area contributed by atoms with Crippen LogP contribution in [0.25, 0.3) is 0 Å². The first-order chi connectivity index (χ1) is 12.3. The number of allylic oxidation sites excluding steroid dienone is 3. The number of esters is 1. The lowest BCUT2D eigenvalue weighted by Gasteiger charge is -2.38. The molecule has 0 N–H and O–H groups in total. The third-order valence-electron chi connectivity index (χ3n) is 5.48. The van der Waals surface area contributed by atoms with Crippen LogP contribution in [0.15, 0.2) is 23.5 Å². The van der Waals surface area contributed by atoms with Crippen LogP contribution < -0.4 is 0 Å². The summed E-state index contributed by atoms with van der Waals surface area (Å²) in [7, 11) is 0. The molecule has 0 saturated carbocycles. The highest BCUT2D eigenvalue weighted by Crippen LogP contribution is 2.48. The molecule has 0 aromatic heterocycles. The number of piperidine rings is 1. The zero-order chi connectivity index (χ0) is 18.8. The smallest absolute Gasteiger partial charge is 0.306 e. The molecule has 0 aromatic rings. The Morgan fingerprint density at radius 2 is 1.92 bits per heavy atom. The van der Waals surface area contributed by atoms with Crippen molar-refractivity contribution in [3.05, 3.63) is 23.5 Å². The molecule has 0 bridgehead atoms. The molecule has 2 aliphatic heterocycles. The fourth-order valence-electron chi connectivity index (χ4n) is 4.08. The number of hydrogen-bond donors (Lipinski definition) is 0. The molecule has 2 heterocycles. The third-order valence-corrected chi connectivity index (χ3v) is 5.48. The van der Waals surface area contributed by atoms with Gasteiger partial charge in [0.1, 0.15) is 17.1 Å². The van der Waals surface area contributed by atoms with Crippen LogP contribution >= 0.6 is 0 Å². The number of fused-ring (bicyclic) bond motifs is 2. The lowest BCUT2D eigenvalue weighted by atomic mass is 9.73. The van der Waals surface area contributed by atoms with E-state index in [2.05, 4.69) is 11.0 Å². The maximum Gasteiger partial charge on any atom is 0.306 e. The van der Waals surface area contributed by atoms with E-state index in [9.17, 15) is 9.59 Å². The summed E-state index contributed by atoms with van der Waals surface area (Å²) < 4.78 is 11.3. The molecule has 1 aliphatic carbocycles. The van der Waals surface area contributed by atoms with Crippen LogP contribution in [0.1, 0.15) is 59.3 Å². The maximum absolute atomic E-state index is 11.8. The first kappa shape index (κ1) is 19.2. The summed E-state index contributed by atoms with van der Waals surface area (Å²) in [4.78, 5) is 26.0. The Kier molecular flexibility index (Phi) is 5.56. The van der Waals surface area contributed by atoms with Crippen molar-refractivity contribution in [2.24, 2.45) is 5.41 Å². The number of rotatable bonds is 4. The highest BCUT2D eigenvalue weighted by atomic mass is 16.6. The Hall–Kier alpha value is -1.62. The number of Topliss-reactive ketones (excluding diaryl/α,β-unsaturated/α-hetero) is 1. The van der Waals surface area contributed by atoms with Crippen LogP contribution in [0, 0.1) is 5.41 Å². The van der Waals surface area contributed by atoms with Crippen LogP contribution in [0.5, 0.6) is 0 Å². The van der Waals surface area contributed by atoms with Gasteiger partial charge in [-0.1, -0.05) is 6.08 Å². The Balaban J connectivity index is 1.47. The fourth-order valence-corrected chi connectivity index (χ4v) is 4.08. The minimum Gasteiger partial charge on any atom is -0.493 e. The number of likely N-dealkylation sites (tertiary alicyclic amines) is 1. The highest BCUT2D eigenvalue weighted by Gasteiger charge is 2.45. The van der Waals surface area contributed by atoms with Crippen LogP contribution in [-0.2, 0) is 19.1 Å². The number of ether oxygens (including phenoxy) is 2. The van der Waals surface area contributed by atoms with Gasteiger partial charge in [0.15, 0.2) is 0 Å². The van der Waals surface area contributed by atoms with Gasteiger partial charge in [-0.15, -0.1) is 0 Å². The van der Waals surface area contributed by atoms with E-state index in [0.29, 0.717) is 19.3 Å². The maximum atomic E-state index is 11.8. The van der Waals surface area contributed by atoms with Crippen LogP contribution in [-0.4, -0.2) is 48.5 Å². The molecule has 0 radical (unpaired) electrons. The van der Waals surface area contributed by atoms with Gasteiger partial charge in [-0.05, 0) is 71.3 Å². The minimum atomic E-state index is -0.407. The van der Waals surface area contributed by atoms with E-state index in [1.807, 2.05) is 26.8 Å². The molecule has 144 valence electrons. The van der Waals surface area contributed by atoms with Gasteiger partial charge in [-0.25, -0.2) is 0 Å². The molecule has 3 rings (SSSR count). The number of hydrogen-bond acceptors (Lipinski definition) is 5. The monoisotopic (exact) mass is 361 g/mol. The van der Waals surface area contributed by atoms with E-state index in [1.54, 1.807) is 0 Å². The molecule has 5 heteroatoms. The summed E-state index contributed by atoms with van der Waals surface area (Å²) in [5.41, 5.74) is 0.936. The van der Waals surface area contributed by atoms with Crippen LogP contribution in [0.3, 0.4) is 0 Å². The van der Waals surface area contributed by atoms with E-state index >= 15 is 0 Å². The Bertz CT molecular complexity index is 618. The normalized spacial score (nSPS) is 23.0. The average molecular weight is 361 g/mol. The molecule has 5 nitrogen and oxygen atoms in total. The highest BCUT2D eigenvalue weighted by molar-refractivity contribution is 5.82. The Morgan fingerprint density at radius 3 is 2.62 bits per heavy atom. The summed E-state index contributed by atoms with van der Waals surface area (Å²) in [6.45, 7) is 9.39. The second-order valence-electron chi connectivity index (χ2n) is 8.73. The topological polar surface area (TPSA) is 55.8 Å². The lowest BCUT2D eigenvalue weighted by molar-refractivity contribution is -0.155. The molecular weight excluding hydrogens is 330 g/mol. The quantitative estimate of drug-likeness (QED) is 0.719. The van der Waals surface area contributed by atoms with Gasteiger partial charge in [0, 0.05) is 24.7 Å². The van der Waals surface area contributed by atoms with Gasteiger partial charge < -0.3 is 14.4 Å². The second-order valence-corrected chi connectivity index (χ2v) is 8.73. The van der Waals surface area contributed by atoms with Gasteiger partial charge in [-0.3, -0.25) is 9.59 Å². The van der Waals surface area contributed by atoms with E-state index in [1.165, 1.54) is 5.57 Å². The summed E-state index contributed by atoms with van der Waals surface area (Å²) in [6.07, 6.45) is 8.49. The zero-order valence-corrected chi connectivity index (χ0v) is 16.3. The number of carbonyl (C=O) groups is 2. The zero-order valence-electron chi connectivity index (χ0n) is 16.3. The minimum absolute atomic E-state index is 0.0815. The summed E-state index contributed by atoms with van der Waals surface area (Å²) in [5.74, 6) is 1.09. The van der Waals surface area contributed by atoms with Crippen molar-refractivity contribution in [2.45, 2.75) is 64.9 Å². The van der Waals surface area contributed by atoms with Crippen molar-refractivity contribution >= 4 is 11.8 Å². The number of ketones is 1. The third kappa shape index (κ3) is 4.56. The van der Waals surface area contributed by atoms with Crippen molar-refractivity contribution in [2.75, 3.05) is 26.2 Å². The molecule has 0 amide bonds. The second kappa shape index (κ2) is 7.55. The van der Waals surface area contributed by atoms with Gasteiger partial charge >= 0.3 is 5.97 Å². The molecule has 1 spiro atoms. The molecule has 26 heavy (non-hydrogen) atoms. The van der Waals surface area contributed by atoms with Crippen molar-refractivity contribution in [1.82, 2.24) is 4.90 Å². The molecule has 0 atom stereocenters. The predicted octanol–water partition coefficient (Wildman–Crippen LogP) is 3.39. The molecular formula is C21H31NO4. The standard InChI is InChI=1S/C21H31NO4/c1-20(2,3)26-19(24)5-4-12-22-13-10-21(11-14-22)15-25-18-9-7-16(23)6-8-17(18)21/h8-9H,4-7,10-15H2,1-3H3. The van der Waals surface area contributed by atoms with Crippen LogP contribution in [0.4, 0.5) is 0 Å². The van der Waals surface area contributed by atoms with E-state index < -0.39 is 5.60 Å². The Morgan fingerprint density at radius 1 is 1.23 bits per heavy atom.